The van der Waals surface area contributed by atoms with Crippen molar-refractivity contribution in [3.05, 3.63) is 28.2 Å². The van der Waals surface area contributed by atoms with E-state index in [-0.39, 0.29) is 5.91 Å². The van der Waals surface area contributed by atoms with E-state index in [9.17, 15) is 4.79 Å². The minimum absolute atomic E-state index is 0.125. The molecule has 0 saturated carbocycles. The average Bonchev–Trinajstić information content (AvgIpc) is 2.93. The lowest BCUT2D eigenvalue weighted by molar-refractivity contribution is 0.0571. The van der Waals surface area contributed by atoms with Crippen LogP contribution in [-0.2, 0) is 0 Å². The van der Waals surface area contributed by atoms with Gasteiger partial charge < -0.3 is 9.64 Å². The molecule has 1 amide bonds. The highest BCUT2D eigenvalue weighted by Crippen LogP contribution is 2.27. The van der Waals surface area contributed by atoms with Crippen LogP contribution in [0, 0.1) is 0 Å². The first-order chi connectivity index (χ1) is 9.69. The normalized spacial score (nSPS) is 22.7. The molecule has 2 fully saturated rings. The smallest absolute Gasteiger partial charge is 0.253 e. The van der Waals surface area contributed by atoms with Crippen molar-refractivity contribution in [3.63, 3.8) is 0 Å². The van der Waals surface area contributed by atoms with Gasteiger partial charge in [0, 0.05) is 31.2 Å². The molecule has 0 aliphatic carbocycles. The third-order valence-corrected chi connectivity index (χ3v) is 4.89. The first kappa shape index (κ1) is 13.9. The molecule has 1 unspecified atom stereocenters. The van der Waals surface area contributed by atoms with Crippen molar-refractivity contribution >= 4 is 21.8 Å². The Bertz CT molecular complexity index is 521. The molecule has 2 saturated heterocycles. The Hall–Kier alpha value is -1.07. The van der Waals surface area contributed by atoms with Gasteiger partial charge in [0.15, 0.2) is 0 Å². The van der Waals surface area contributed by atoms with E-state index in [1.807, 2.05) is 23.1 Å². The fourth-order valence-electron chi connectivity index (χ4n) is 3.16. The fraction of sp³-hybridized carbons (Fsp3) is 0.533. The van der Waals surface area contributed by atoms with Gasteiger partial charge in [0.25, 0.3) is 5.91 Å². The lowest BCUT2D eigenvalue weighted by atomic mass is 10.1. The number of ether oxygens (including phenoxy) is 1. The van der Waals surface area contributed by atoms with E-state index in [0.717, 1.165) is 35.4 Å². The van der Waals surface area contributed by atoms with Crippen molar-refractivity contribution in [1.82, 2.24) is 9.80 Å². The predicted molar refractivity (Wildman–Crippen MR) is 81.2 cm³/mol. The molecule has 3 rings (SSSR count). The van der Waals surface area contributed by atoms with Crippen molar-refractivity contribution in [2.24, 2.45) is 0 Å². The summed E-state index contributed by atoms with van der Waals surface area (Å²) in [5, 5.41) is 0. The number of rotatable bonds is 2. The SMILES string of the molecule is COc1ccc(C(=O)N2CCN3CCCC3C2)cc1Br. The van der Waals surface area contributed by atoms with Gasteiger partial charge in [0.2, 0.25) is 0 Å². The molecular weight excluding hydrogens is 320 g/mol. The second-order valence-electron chi connectivity index (χ2n) is 5.43. The molecule has 1 aromatic carbocycles. The Morgan fingerprint density at radius 2 is 2.20 bits per heavy atom. The molecule has 0 spiro atoms. The maximum atomic E-state index is 12.6. The molecule has 20 heavy (non-hydrogen) atoms. The number of hydrogen-bond acceptors (Lipinski definition) is 3. The van der Waals surface area contributed by atoms with E-state index in [4.69, 9.17) is 4.74 Å². The first-order valence-corrected chi connectivity index (χ1v) is 7.85. The second kappa shape index (κ2) is 5.74. The van der Waals surface area contributed by atoms with E-state index in [1.54, 1.807) is 7.11 Å². The van der Waals surface area contributed by atoms with Crippen LogP contribution in [0.25, 0.3) is 0 Å². The zero-order valence-corrected chi connectivity index (χ0v) is 13.2. The molecule has 0 aromatic heterocycles. The zero-order valence-electron chi connectivity index (χ0n) is 11.6. The maximum absolute atomic E-state index is 12.6. The van der Waals surface area contributed by atoms with Gasteiger partial charge >= 0.3 is 0 Å². The predicted octanol–water partition coefficient (Wildman–Crippen LogP) is 2.38. The Kier molecular flexibility index (Phi) is 3.98. The molecule has 1 aromatic rings. The molecular formula is C15H19BrN2O2. The van der Waals surface area contributed by atoms with Crippen LogP contribution in [0.3, 0.4) is 0 Å². The summed E-state index contributed by atoms with van der Waals surface area (Å²) < 4.78 is 6.03. The van der Waals surface area contributed by atoms with Crippen molar-refractivity contribution in [3.8, 4) is 5.75 Å². The van der Waals surface area contributed by atoms with E-state index in [2.05, 4.69) is 20.8 Å². The van der Waals surface area contributed by atoms with Gasteiger partial charge in [0.1, 0.15) is 5.75 Å². The van der Waals surface area contributed by atoms with Crippen LogP contribution < -0.4 is 4.74 Å². The van der Waals surface area contributed by atoms with Crippen LogP contribution in [0.15, 0.2) is 22.7 Å². The summed E-state index contributed by atoms with van der Waals surface area (Å²) in [6, 6.07) is 6.09. The molecule has 0 radical (unpaired) electrons. The zero-order chi connectivity index (χ0) is 14.1. The Morgan fingerprint density at radius 3 is 2.95 bits per heavy atom. The standard InChI is InChI=1S/C15H19BrN2O2/c1-20-14-5-4-11(9-13(14)16)15(19)18-8-7-17-6-2-3-12(17)10-18/h4-5,9,12H,2-3,6-8,10H2,1H3. The third kappa shape index (κ3) is 2.56. The highest BCUT2D eigenvalue weighted by Gasteiger charge is 2.32. The van der Waals surface area contributed by atoms with Crippen molar-refractivity contribution in [2.45, 2.75) is 18.9 Å². The van der Waals surface area contributed by atoms with Crippen LogP contribution in [0.1, 0.15) is 23.2 Å². The Morgan fingerprint density at radius 1 is 1.35 bits per heavy atom. The van der Waals surface area contributed by atoms with Gasteiger partial charge in [-0.25, -0.2) is 0 Å². The van der Waals surface area contributed by atoms with Gasteiger partial charge in [-0.3, -0.25) is 9.69 Å². The summed E-state index contributed by atoms with van der Waals surface area (Å²) >= 11 is 3.44. The number of hydrogen-bond donors (Lipinski definition) is 0. The minimum atomic E-state index is 0.125. The highest BCUT2D eigenvalue weighted by molar-refractivity contribution is 9.10. The largest absolute Gasteiger partial charge is 0.496 e. The van der Waals surface area contributed by atoms with Gasteiger partial charge in [0.05, 0.1) is 11.6 Å². The molecule has 0 bridgehead atoms. The van der Waals surface area contributed by atoms with Crippen LogP contribution in [-0.4, -0.2) is 55.0 Å². The van der Waals surface area contributed by atoms with Crippen LogP contribution in [0.4, 0.5) is 0 Å². The van der Waals surface area contributed by atoms with Crippen LogP contribution >= 0.6 is 15.9 Å². The van der Waals surface area contributed by atoms with Crippen LogP contribution in [0.2, 0.25) is 0 Å². The summed E-state index contributed by atoms with van der Waals surface area (Å²) in [5.74, 6) is 0.877. The number of benzene rings is 1. The average molecular weight is 339 g/mol. The first-order valence-electron chi connectivity index (χ1n) is 7.06. The van der Waals surface area contributed by atoms with Crippen LogP contribution in [0.5, 0.6) is 5.75 Å². The van der Waals surface area contributed by atoms with Gasteiger partial charge in [-0.05, 0) is 53.5 Å². The van der Waals surface area contributed by atoms with Crippen molar-refractivity contribution in [1.29, 1.82) is 0 Å². The Balaban J connectivity index is 1.74. The highest BCUT2D eigenvalue weighted by atomic mass is 79.9. The summed E-state index contributed by atoms with van der Waals surface area (Å²) in [6.07, 6.45) is 2.48. The van der Waals surface area contributed by atoms with E-state index < -0.39 is 0 Å². The quantitative estimate of drug-likeness (QED) is 0.829. The summed E-state index contributed by atoms with van der Waals surface area (Å²) in [5.41, 5.74) is 0.726. The fourth-order valence-corrected chi connectivity index (χ4v) is 3.70. The second-order valence-corrected chi connectivity index (χ2v) is 6.29. The summed E-state index contributed by atoms with van der Waals surface area (Å²) in [7, 11) is 1.63. The monoisotopic (exact) mass is 338 g/mol. The van der Waals surface area contributed by atoms with Crippen molar-refractivity contribution < 1.29 is 9.53 Å². The lowest BCUT2D eigenvalue weighted by Gasteiger charge is -2.37. The topological polar surface area (TPSA) is 32.8 Å². The third-order valence-electron chi connectivity index (χ3n) is 4.27. The molecule has 2 aliphatic heterocycles. The number of halogens is 1. The van der Waals surface area contributed by atoms with Gasteiger partial charge in [-0.1, -0.05) is 0 Å². The number of fused-ring (bicyclic) bond motifs is 1. The number of nitrogens with zero attached hydrogens (tertiary/aromatic N) is 2. The molecule has 0 N–H and O–H groups in total. The van der Waals surface area contributed by atoms with Gasteiger partial charge in [-0.2, -0.15) is 0 Å². The number of carbonyl (C=O) groups is 1. The number of amides is 1. The number of piperazine rings is 1. The lowest BCUT2D eigenvalue weighted by Crippen LogP contribution is -2.52. The summed E-state index contributed by atoms with van der Waals surface area (Å²) in [6.45, 7) is 3.90. The maximum Gasteiger partial charge on any atom is 0.253 e. The molecule has 2 heterocycles. The molecule has 2 aliphatic rings. The number of carbonyl (C=O) groups excluding carboxylic acids is 1. The molecule has 1 atom stereocenters. The molecule has 108 valence electrons. The minimum Gasteiger partial charge on any atom is -0.496 e. The molecule has 5 heteroatoms. The van der Waals surface area contributed by atoms with E-state index >= 15 is 0 Å². The summed E-state index contributed by atoms with van der Waals surface area (Å²) in [4.78, 5) is 17.1. The van der Waals surface area contributed by atoms with Crippen molar-refractivity contribution in [2.75, 3.05) is 33.3 Å². The molecule has 4 nitrogen and oxygen atoms in total. The van der Waals surface area contributed by atoms with E-state index in [0.29, 0.717) is 6.04 Å². The van der Waals surface area contributed by atoms with Gasteiger partial charge in [-0.15, -0.1) is 0 Å². The number of methoxy groups -OCH3 is 1. The van der Waals surface area contributed by atoms with E-state index in [1.165, 1.54) is 19.4 Å². The Labute approximate surface area is 127 Å².